The Balaban J connectivity index is 2.39. The molecule has 0 spiro atoms. The van der Waals surface area contributed by atoms with E-state index in [4.69, 9.17) is 0 Å². The van der Waals surface area contributed by atoms with Gasteiger partial charge in [-0.15, -0.1) is 0 Å². The van der Waals surface area contributed by atoms with Gasteiger partial charge >= 0.3 is 5.97 Å². The van der Waals surface area contributed by atoms with Gasteiger partial charge in [-0.2, -0.15) is 0 Å². The van der Waals surface area contributed by atoms with Gasteiger partial charge in [0.25, 0.3) is 0 Å². The van der Waals surface area contributed by atoms with Crippen LogP contribution < -0.4 is 0 Å². The maximum atomic E-state index is 11.4. The molecule has 0 bridgehead atoms. The molecule has 74 valence electrons. The molecule has 3 heteroatoms. The molecule has 0 aromatic heterocycles. The first-order chi connectivity index (χ1) is 6.74. The molecule has 2 atom stereocenters. The maximum Gasteiger partial charge on any atom is 0.315 e. The number of esters is 1. The molecule has 3 nitrogen and oxygen atoms in total. The summed E-state index contributed by atoms with van der Waals surface area (Å²) in [5.41, 5.74) is 1.93. The SMILES string of the molecule is COC(=O)C1c2ccccc2CC1O. The molecular formula is C11H12O3. The molecule has 1 aliphatic rings. The summed E-state index contributed by atoms with van der Waals surface area (Å²) in [4.78, 5) is 11.4. The highest BCUT2D eigenvalue weighted by Crippen LogP contribution is 2.33. The van der Waals surface area contributed by atoms with Crippen molar-refractivity contribution >= 4 is 5.97 Å². The van der Waals surface area contributed by atoms with Gasteiger partial charge in [0.2, 0.25) is 0 Å². The van der Waals surface area contributed by atoms with Crippen LogP contribution >= 0.6 is 0 Å². The highest BCUT2D eigenvalue weighted by Gasteiger charge is 2.36. The number of methoxy groups -OCH3 is 1. The van der Waals surface area contributed by atoms with Crippen molar-refractivity contribution in [1.82, 2.24) is 0 Å². The third-order valence-corrected chi connectivity index (χ3v) is 2.66. The van der Waals surface area contributed by atoms with Crippen molar-refractivity contribution in [3.05, 3.63) is 35.4 Å². The van der Waals surface area contributed by atoms with Crippen molar-refractivity contribution in [2.45, 2.75) is 18.4 Å². The molecule has 1 aromatic carbocycles. The van der Waals surface area contributed by atoms with Crippen molar-refractivity contribution in [3.8, 4) is 0 Å². The average molecular weight is 192 g/mol. The highest BCUT2D eigenvalue weighted by molar-refractivity contribution is 5.80. The quantitative estimate of drug-likeness (QED) is 0.671. The number of fused-ring (bicyclic) bond motifs is 1. The van der Waals surface area contributed by atoms with Crippen LogP contribution in [0.5, 0.6) is 0 Å². The Hall–Kier alpha value is -1.35. The topological polar surface area (TPSA) is 46.5 Å². The summed E-state index contributed by atoms with van der Waals surface area (Å²) in [5.74, 6) is -0.862. The predicted octanol–water partition coefficient (Wildman–Crippen LogP) is 0.860. The smallest absolute Gasteiger partial charge is 0.315 e. The van der Waals surface area contributed by atoms with Crippen LogP contribution in [0.3, 0.4) is 0 Å². The van der Waals surface area contributed by atoms with Crippen molar-refractivity contribution < 1.29 is 14.6 Å². The van der Waals surface area contributed by atoms with Crippen LogP contribution in [0, 0.1) is 0 Å². The van der Waals surface area contributed by atoms with Gasteiger partial charge in [0.15, 0.2) is 0 Å². The van der Waals surface area contributed by atoms with E-state index >= 15 is 0 Å². The molecule has 1 aromatic rings. The Labute approximate surface area is 82.3 Å². The lowest BCUT2D eigenvalue weighted by Crippen LogP contribution is -2.23. The minimum Gasteiger partial charge on any atom is -0.468 e. The third-order valence-electron chi connectivity index (χ3n) is 2.66. The van der Waals surface area contributed by atoms with E-state index in [0.29, 0.717) is 6.42 Å². The average Bonchev–Trinajstić information content (AvgIpc) is 2.53. The van der Waals surface area contributed by atoms with Crippen molar-refractivity contribution in [2.24, 2.45) is 0 Å². The molecule has 0 aliphatic heterocycles. The van der Waals surface area contributed by atoms with Gasteiger partial charge < -0.3 is 9.84 Å². The van der Waals surface area contributed by atoms with Crippen LogP contribution in [-0.2, 0) is 16.0 Å². The summed E-state index contributed by atoms with van der Waals surface area (Å²) in [5, 5.41) is 9.71. The van der Waals surface area contributed by atoms with Gasteiger partial charge in [0.05, 0.1) is 13.2 Å². The van der Waals surface area contributed by atoms with E-state index < -0.39 is 12.0 Å². The number of benzene rings is 1. The monoisotopic (exact) mass is 192 g/mol. The summed E-state index contributed by atoms with van der Waals surface area (Å²) in [6, 6.07) is 7.58. The molecule has 1 N–H and O–H groups in total. The maximum absolute atomic E-state index is 11.4. The van der Waals surface area contributed by atoms with E-state index in [9.17, 15) is 9.90 Å². The van der Waals surface area contributed by atoms with E-state index in [0.717, 1.165) is 11.1 Å². The molecule has 2 unspecified atom stereocenters. The molecule has 2 rings (SSSR count). The summed E-state index contributed by atoms with van der Waals surface area (Å²) in [7, 11) is 1.34. The summed E-state index contributed by atoms with van der Waals surface area (Å²) in [6.07, 6.45) is -0.101. The van der Waals surface area contributed by atoms with Gasteiger partial charge in [-0.1, -0.05) is 24.3 Å². The molecule has 0 saturated heterocycles. The zero-order chi connectivity index (χ0) is 10.1. The van der Waals surface area contributed by atoms with Gasteiger partial charge in [-0.25, -0.2) is 0 Å². The zero-order valence-electron chi connectivity index (χ0n) is 7.93. The fourth-order valence-corrected chi connectivity index (χ4v) is 1.98. The van der Waals surface area contributed by atoms with Gasteiger partial charge in [-0.05, 0) is 17.5 Å². The molecule has 0 radical (unpaired) electrons. The molecule has 1 aliphatic carbocycles. The van der Waals surface area contributed by atoms with Crippen molar-refractivity contribution in [3.63, 3.8) is 0 Å². The Morgan fingerprint density at radius 1 is 1.50 bits per heavy atom. The molecule has 0 amide bonds. The number of aliphatic hydroxyl groups excluding tert-OH is 1. The Kier molecular flexibility index (Phi) is 2.25. The van der Waals surface area contributed by atoms with E-state index in [1.807, 2.05) is 24.3 Å². The Morgan fingerprint density at radius 2 is 2.21 bits per heavy atom. The molecule has 0 heterocycles. The second kappa shape index (κ2) is 3.42. The molecule has 0 saturated carbocycles. The zero-order valence-corrected chi connectivity index (χ0v) is 7.93. The summed E-state index contributed by atoms with van der Waals surface area (Å²) in [6.45, 7) is 0. The fraction of sp³-hybridized carbons (Fsp3) is 0.364. The number of hydrogen-bond acceptors (Lipinski definition) is 3. The van der Waals surface area contributed by atoms with E-state index in [1.165, 1.54) is 7.11 Å². The number of hydrogen-bond donors (Lipinski definition) is 1. The van der Waals surface area contributed by atoms with Crippen molar-refractivity contribution in [2.75, 3.05) is 7.11 Å². The lowest BCUT2D eigenvalue weighted by molar-refractivity contribution is -0.144. The van der Waals surface area contributed by atoms with Gasteiger partial charge in [0, 0.05) is 0 Å². The normalized spacial score (nSPS) is 24.4. The highest BCUT2D eigenvalue weighted by atomic mass is 16.5. The first-order valence-corrected chi connectivity index (χ1v) is 4.57. The van der Waals surface area contributed by atoms with Crippen LogP contribution in [0.1, 0.15) is 17.0 Å². The third kappa shape index (κ3) is 1.30. The fourth-order valence-electron chi connectivity index (χ4n) is 1.98. The standard InChI is InChI=1S/C11H12O3/c1-14-11(13)10-8-5-3-2-4-7(8)6-9(10)12/h2-5,9-10,12H,6H2,1H3. The first-order valence-electron chi connectivity index (χ1n) is 4.57. The molecule has 0 fully saturated rings. The van der Waals surface area contributed by atoms with E-state index in [-0.39, 0.29) is 5.97 Å². The summed E-state index contributed by atoms with van der Waals surface area (Å²) < 4.78 is 4.66. The van der Waals surface area contributed by atoms with Crippen LogP contribution in [-0.4, -0.2) is 24.3 Å². The predicted molar refractivity (Wildman–Crippen MR) is 50.9 cm³/mol. The number of carbonyl (C=O) groups excluding carboxylic acids is 1. The second-order valence-corrected chi connectivity index (χ2v) is 3.47. The molecular weight excluding hydrogens is 180 g/mol. The van der Waals surface area contributed by atoms with E-state index in [1.54, 1.807) is 0 Å². The molecule has 14 heavy (non-hydrogen) atoms. The number of rotatable bonds is 1. The van der Waals surface area contributed by atoms with Crippen LogP contribution in [0.4, 0.5) is 0 Å². The minimum atomic E-state index is -0.639. The first kappa shape index (κ1) is 9.21. The lowest BCUT2D eigenvalue weighted by Gasteiger charge is -2.12. The van der Waals surface area contributed by atoms with Crippen LogP contribution in [0.15, 0.2) is 24.3 Å². The van der Waals surface area contributed by atoms with Crippen LogP contribution in [0.2, 0.25) is 0 Å². The van der Waals surface area contributed by atoms with Crippen LogP contribution in [0.25, 0.3) is 0 Å². The van der Waals surface area contributed by atoms with E-state index in [2.05, 4.69) is 4.74 Å². The number of aliphatic hydroxyl groups is 1. The summed E-state index contributed by atoms with van der Waals surface area (Å²) >= 11 is 0. The Bertz CT molecular complexity index is 359. The van der Waals surface area contributed by atoms with Gasteiger partial charge in [-0.3, -0.25) is 4.79 Å². The Morgan fingerprint density at radius 3 is 2.93 bits per heavy atom. The number of carbonyl (C=O) groups is 1. The second-order valence-electron chi connectivity index (χ2n) is 3.47. The largest absolute Gasteiger partial charge is 0.468 e. The lowest BCUT2D eigenvalue weighted by atomic mass is 10.0. The van der Waals surface area contributed by atoms with Gasteiger partial charge in [0.1, 0.15) is 5.92 Å². The number of ether oxygens (including phenoxy) is 1. The van der Waals surface area contributed by atoms with Crippen molar-refractivity contribution in [1.29, 1.82) is 0 Å². The minimum absolute atomic E-state index is 0.359.